The highest BCUT2D eigenvalue weighted by molar-refractivity contribution is 6.34. The fourth-order valence-electron chi connectivity index (χ4n) is 6.37. The summed E-state index contributed by atoms with van der Waals surface area (Å²) >= 11 is 6.61. The highest BCUT2D eigenvalue weighted by Gasteiger charge is 2.48. The van der Waals surface area contributed by atoms with E-state index >= 15 is 0 Å². The summed E-state index contributed by atoms with van der Waals surface area (Å²) < 4.78 is 7.86. The van der Waals surface area contributed by atoms with E-state index in [1.54, 1.807) is 6.20 Å². The van der Waals surface area contributed by atoms with Crippen LogP contribution in [0.3, 0.4) is 0 Å². The molecule has 9 heteroatoms. The number of nitrogens with zero attached hydrogens (tertiary/aromatic N) is 6. The van der Waals surface area contributed by atoms with Gasteiger partial charge in [-0.15, -0.1) is 0 Å². The number of carbonyl (C=O) groups is 1. The van der Waals surface area contributed by atoms with Crippen LogP contribution in [0.25, 0.3) is 22.6 Å². The van der Waals surface area contributed by atoms with Gasteiger partial charge in [0.25, 0.3) is 0 Å². The molecule has 0 unspecified atom stereocenters. The zero-order valence-corrected chi connectivity index (χ0v) is 19.9. The standard InChI is InChI=1S/C24H29ClN6O2/c1-14(17-8-6-12-30(17)2)31-23-16(13-26-31)21(25)27-22(28-23)19-15-7-5-11-24(20(15)33-29-19)10-4-3-9-18(24)32/h13-14,17H,3-12H2,1-2H3/t14-,17-,24+/m0/s1. The normalized spacial score (nSPS) is 26.9. The molecule has 1 saturated heterocycles. The number of hydrogen-bond acceptors (Lipinski definition) is 7. The van der Waals surface area contributed by atoms with Crippen LogP contribution in [-0.2, 0) is 16.6 Å². The fourth-order valence-corrected chi connectivity index (χ4v) is 6.59. The second kappa shape index (κ2) is 7.87. The van der Waals surface area contributed by atoms with Gasteiger partial charge in [0.05, 0.1) is 23.0 Å². The van der Waals surface area contributed by atoms with Gasteiger partial charge in [0.15, 0.2) is 22.9 Å². The summed E-state index contributed by atoms with van der Waals surface area (Å²) in [6.45, 7) is 3.28. The molecule has 33 heavy (non-hydrogen) atoms. The number of likely N-dealkylation sites (tertiary alicyclic amines) is 1. The lowest BCUT2D eigenvalue weighted by Crippen LogP contribution is -2.41. The summed E-state index contributed by atoms with van der Waals surface area (Å²) in [5, 5.41) is 10.1. The molecule has 1 saturated carbocycles. The van der Waals surface area contributed by atoms with Crippen LogP contribution in [0.5, 0.6) is 0 Å². The molecule has 1 spiro atoms. The zero-order chi connectivity index (χ0) is 22.7. The van der Waals surface area contributed by atoms with Crippen LogP contribution in [0, 0.1) is 0 Å². The first kappa shape index (κ1) is 21.2. The van der Waals surface area contributed by atoms with E-state index < -0.39 is 5.41 Å². The molecule has 1 aliphatic heterocycles. The maximum absolute atomic E-state index is 13.0. The predicted molar refractivity (Wildman–Crippen MR) is 124 cm³/mol. The van der Waals surface area contributed by atoms with Gasteiger partial charge >= 0.3 is 0 Å². The average molecular weight is 469 g/mol. The molecule has 2 aliphatic carbocycles. The first-order chi connectivity index (χ1) is 16.0. The molecule has 0 amide bonds. The molecule has 3 aromatic heterocycles. The Morgan fingerprint density at radius 3 is 2.82 bits per heavy atom. The lowest BCUT2D eigenvalue weighted by molar-refractivity contribution is -0.128. The molecule has 0 radical (unpaired) electrons. The third-order valence-corrected chi connectivity index (χ3v) is 8.47. The van der Waals surface area contributed by atoms with Gasteiger partial charge in [-0.1, -0.05) is 23.2 Å². The van der Waals surface area contributed by atoms with Gasteiger partial charge in [0.2, 0.25) is 0 Å². The Balaban J connectivity index is 1.44. The van der Waals surface area contributed by atoms with Crippen molar-refractivity contribution in [2.75, 3.05) is 13.6 Å². The highest BCUT2D eigenvalue weighted by atomic mass is 35.5. The van der Waals surface area contributed by atoms with Gasteiger partial charge in [-0.25, -0.2) is 14.6 Å². The number of halogens is 1. The molecule has 8 nitrogen and oxygen atoms in total. The SMILES string of the molecule is C[C@@H]([C@@H]1CCCN1C)n1ncc2c(Cl)nc(-c3noc4c3CCC[C@@]43CCCCC3=O)nc21. The minimum absolute atomic E-state index is 0.156. The second-order valence-corrected chi connectivity index (χ2v) is 10.4. The van der Waals surface area contributed by atoms with Crippen molar-refractivity contribution in [1.82, 2.24) is 29.8 Å². The van der Waals surface area contributed by atoms with E-state index in [0.29, 0.717) is 40.6 Å². The molecular weight excluding hydrogens is 440 g/mol. The maximum Gasteiger partial charge on any atom is 0.185 e. The van der Waals surface area contributed by atoms with E-state index in [0.717, 1.165) is 68.2 Å². The first-order valence-electron chi connectivity index (χ1n) is 12.1. The van der Waals surface area contributed by atoms with E-state index in [4.69, 9.17) is 21.1 Å². The van der Waals surface area contributed by atoms with E-state index in [2.05, 4.69) is 34.1 Å². The molecular formula is C24H29ClN6O2. The highest BCUT2D eigenvalue weighted by Crippen LogP contribution is 2.47. The molecule has 6 rings (SSSR count). The average Bonchev–Trinajstić information content (AvgIpc) is 3.54. The summed E-state index contributed by atoms with van der Waals surface area (Å²) in [4.78, 5) is 24.8. The van der Waals surface area contributed by atoms with Crippen LogP contribution in [0.2, 0.25) is 5.15 Å². The molecule has 2 fully saturated rings. The van der Waals surface area contributed by atoms with Gasteiger partial charge in [-0.05, 0) is 65.5 Å². The number of ketones is 1. The summed E-state index contributed by atoms with van der Waals surface area (Å²) in [7, 11) is 2.16. The second-order valence-electron chi connectivity index (χ2n) is 10.0. The molecule has 3 aliphatic rings. The predicted octanol–water partition coefficient (Wildman–Crippen LogP) is 4.51. The quantitative estimate of drug-likeness (QED) is 0.522. The number of rotatable bonds is 3. The molecule has 0 bridgehead atoms. The Morgan fingerprint density at radius 1 is 1.18 bits per heavy atom. The number of fused-ring (bicyclic) bond motifs is 3. The molecule has 0 N–H and O–H groups in total. The summed E-state index contributed by atoms with van der Waals surface area (Å²) in [5.41, 5.74) is 1.79. The van der Waals surface area contributed by atoms with Crippen molar-refractivity contribution in [1.29, 1.82) is 0 Å². The Kier molecular flexibility index (Phi) is 5.07. The van der Waals surface area contributed by atoms with Crippen LogP contribution in [0.15, 0.2) is 10.7 Å². The Bertz CT molecular complexity index is 1240. The molecule has 4 heterocycles. The van der Waals surface area contributed by atoms with Gasteiger partial charge in [0, 0.05) is 18.0 Å². The number of likely N-dealkylation sites (N-methyl/N-ethyl adjacent to an activating group) is 1. The van der Waals surface area contributed by atoms with Gasteiger partial charge in [0.1, 0.15) is 10.9 Å². The summed E-state index contributed by atoms with van der Waals surface area (Å²) in [5.74, 6) is 1.48. The number of aromatic nitrogens is 5. The Labute approximate surface area is 197 Å². The van der Waals surface area contributed by atoms with Crippen LogP contribution in [-0.4, -0.2) is 55.2 Å². The first-order valence-corrected chi connectivity index (χ1v) is 12.5. The lowest BCUT2D eigenvalue weighted by Gasteiger charge is -2.36. The minimum Gasteiger partial charge on any atom is -0.359 e. The van der Waals surface area contributed by atoms with Crippen LogP contribution < -0.4 is 0 Å². The van der Waals surface area contributed by atoms with Crippen LogP contribution in [0.1, 0.15) is 75.7 Å². The van der Waals surface area contributed by atoms with Gasteiger partial charge < -0.3 is 9.42 Å². The van der Waals surface area contributed by atoms with Crippen LogP contribution >= 0.6 is 11.6 Å². The number of hydrogen-bond donors (Lipinski definition) is 0. The van der Waals surface area contributed by atoms with E-state index in [1.165, 1.54) is 6.42 Å². The Morgan fingerprint density at radius 2 is 2.03 bits per heavy atom. The zero-order valence-electron chi connectivity index (χ0n) is 19.2. The van der Waals surface area contributed by atoms with Gasteiger partial charge in [-0.3, -0.25) is 4.79 Å². The Hall–Kier alpha value is -2.32. The molecule has 3 atom stereocenters. The summed E-state index contributed by atoms with van der Waals surface area (Å²) in [6.07, 6.45) is 10.1. The molecule has 174 valence electrons. The smallest absolute Gasteiger partial charge is 0.185 e. The van der Waals surface area contributed by atoms with Gasteiger partial charge in [-0.2, -0.15) is 5.10 Å². The molecule has 3 aromatic rings. The third kappa shape index (κ3) is 3.17. The van der Waals surface area contributed by atoms with Crippen molar-refractivity contribution in [3.8, 4) is 11.5 Å². The largest absolute Gasteiger partial charge is 0.359 e. The van der Waals surface area contributed by atoms with Crippen molar-refractivity contribution < 1.29 is 9.32 Å². The van der Waals surface area contributed by atoms with Crippen molar-refractivity contribution in [3.63, 3.8) is 0 Å². The van der Waals surface area contributed by atoms with Crippen LogP contribution in [0.4, 0.5) is 0 Å². The van der Waals surface area contributed by atoms with E-state index in [1.807, 2.05) is 4.68 Å². The topological polar surface area (TPSA) is 89.9 Å². The van der Waals surface area contributed by atoms with Crippen molar-refractivity contribution >= 4 is 28.4 Å². The van der Waals surface area contributed by atoms with Crippen molar-refractivity contribution in [2.45, 2.75) is 82.2 Å². The summed E-state index contributed by atoms with van der Waals surface area (Å²) in [6, 6.07) is 0.561. The van der Waals surface area contributed by atoms with E-state index in [9.17, 15) is 4.79 Å². The monoisotopic (exact) mass is 468 g/mol. The lowest BCUT2D eigenvalue weighted by atomic mass is 9.64. The fraction of sp³-hybridized carbons (Fsp3) is 0.625. The van der Waals surface area contributed by atoms with Crippen molar-refractivity contribution in [2.24, 2.45) is 0 Å². The third-order valence-electron chi connectivity index (χ3n) is 8.18. The molecule has 0 aromatic carbocycles. The van der Waals surface area contributed by atoms with E-state index in [-0.39, 0.29) is 6.04 Å². The van der Waals surface area contributed by atoms with Crippen molar-refractivity contribution in [3.05, 3.63) is 22.7 Å². The number of carbonyl (C=O) groups excluding carboxylic acids is 1. The number of Topliss-reactive ketones (excluding diaryl/α,β-unsaturated/α-hetero) is 1. The maximum atomic E-state index is 13.0. The minimum atomic E-state index is -0.520.